The van der Waals surface area contributed by atoms with Crippen LogP contribution in [0.4, 0.5) is 0 Å². The maximum Gasteiger partial charge on any atom is 0.275 e. The van der Waals surface area contributed by atoms with E-state index in [1.165, 1.54) is 4.68 Å². The van der Waals surface area contributed by atoms with Crippen molar-refractivity contribution in [3.05, 3.63) is 40.3 Å². The van der Waals surface area contributed by atoms with Gasteiger partial charge in [0.2, 0.25) is 0 Å². The van der Waals surface area contributed by atoms with Crippen LogP contribution in [0.15, 0.2) is 29.1 Å². The van der Waals surface area contributed by atoms with Crippen LogP contribution in [-0.4, -0.2) is 57.4 Å². The van der Waals surface area contributed by atoms with Crippen molar-refractivity contribution in [1.82, 2.24) is 14.7 Å². The topological polar surface area (TPSA) is 64.4 Å². The summed E-state index contributed by atoms with van der Waals surface area (Å²) < 4.78 is 7.35. The van der Waals surface area contributed by atoms with Crippen LogP contribution in [-0.2, 0) is 11.3 Å². The second kappa shape index (κ2) is 9.96. The Morgan fingerprint density at radius 1 is 1.27 bits per heavy atom. The molecule has 2 unspecified atom stereocenters. The van der Waals surface area contributed by atoms with Gasteiger partial charge in [0.1, 0.15) is 0 Å². The number of carbonyl (C=O) groups excluding carboxylic acids is 1. The van der Waals surface area contributed by atoms with Crippen molar-refractivity contribution in [2.75, 3.05) is 24.7 Å². The summed E-state index contributed by atoms with van der Waals surface area (Å²) in [5, 5.41) is 5.83. The number of aromatic nitrogens is 2. The fraction of sp³-hybridized carbons (Fsp3) is 0.609. The molecule has 0 aliphatic carbocycles. The van der Waals surface area contributed by atoms with Gasteiger partial charge in [-0.1, -0.05) is 38.0 Å². The maximum atomic E-state index is 13.8. The van der Waals surface area contributed by atoms with Gasteiger partial charge in [-0.15, -0.1) is 0 Å². The number of nitrogens with zero attached hydrogens (tertiary/aromatic N) is 3. The molecule has 3 heterocycles. The number of rotatable bonds is 8. The van der Waals surface area contributed by atoms with Crippen molar-refractivity contribution < 1.29 is 9.53 Å². The van der Waals surface area contributed by atoms with Crippen LogP contribution in [0, 0.1) is 0 Å². The molecule has 2 aliphatic rings. The lowest BCUT2D eigenvalue weighted by molar-refractivity contribution is 0.0437. The molecule has 2 saturated heterocycles. The lowest BCUT2D eigenvalue weighted by Crippen LogP contribution is -2.45. The number of fused-ring (bicyclic) bond motifs is 1. The van der Waals surface area contributed by atoms with E-state index in [4.69, 9.17) is 4.74 Å². The summed E-state index contributed by atoms with van der Waals surface area (Å²) in [7, 11) is 0. The number of carbonyl (C=O) groups is 1. The number of thioether (sulfide) groups is 1. The number of amides is 1. The summed E-state index contributed by atoms with van der Waals surface area (Å²) in [6, 6.07) is 7.58. The fourth-order valence-electron chi connectivity index (χ4n) is 4.37. The summed E-state index contributed by atoms with van der Waals surface area (Å²) in [6.07, 6.45) is 6.13. The van der Waals surface area contributed by atoms with Crippen LogP contribution in [0.5, 0.6) is 0 Å². The number of unbranched alkanes of at least 4 members (excludes halogenated alkanes) is 2. The van der Waals surface area contributed by atoms with Crippen LogP contribution < -0.4 is 5.56 Å². The number of hydrogen-bond acceptors (Lipinski definition) is 5. The highest BCUT2D eigenvalue weighted by Crippen LogP contribution is 2.27. The molecule has 2 atom stereocenters. The minimum atomic E-state index is -0.111. The van der Waals surface area contributed by atoms with Gasteiger partial charge in [-0.05, 0) is 37.5 Å². The first-order chi connectivity index (χ1) is 14.7. The molecule has 1 aromatic carbocycles. The number of hydrogen-bond donors (Lipinski definition) is 0. The number of benzene rings is 1. The first-order valence-electron chi connectivity index (χ1n) is 11.2. The van der Waals surface area contributed by atoms with E-state index < -0.39 is 0 Å². The molecule has 0 spiro atoms. The van der Waals surface area contributed by atoms with Crippen molar-refractivity contribution in [3.8, 4) is 0 Å². The smallest absolute Gasteiger partial charge is 0.275 e. The van der Waals surface area contributed by atoms with Gasteiger partial charge in [-0.3, -0.25) is 9.59 Å². The lowest BCUT2D eigenvalue weighted by Gasteiger charge is -2.31. The normalized spacial score (nSPS) is 21.4. The van der Waals surface area contributed by atoms with Crippen LogP contribution in [0.3, 0.4) is 0 Å². The maximum absolute atomic E-state index is 13.8. The monoisotopic (exact) mass is 429 g/mol. The first kappa shape index (κ1) is 21.4. The standard InChI is InChI=1S/C23H31N3O3S/c1-2-3-6-12-26-22(27)20-10-5-4-9-19(20)21(24-26)23(28)25(17-11-14-30-16-17)15-18-8-7-13-29-18/h4-5,9-10,17-18H,2-3,6-8,11-16H2,1H3. The Balaban J connectivity index is 1.71. The molecule has 6 nitrogen and oxygen atoms in total. The highest BCUT2D eigenvalue weighted by Gasteiger charge is 2.33. The third-order valence-electron chi connectivity index (χ3n) is 6.08. The zero-order valence-corrected chi connectivity index (χ0v) is 18.5. The van der Waals surface area contributed by atoms with E-state index in [2.05, 4.69) is 12.0 Å². The van der Waals surface area contributed by atoms with Crippen molar-refractivity contribution in [2.45, 2.75) is 64.1 Å². The van der Waals surface area contributed by atoms with Crippen molar-refractivity contribution >= 4 is 28.4 Å². The average molecular weight is 430 g/mol. The Kier molecular flexibility index (Phi) is 7.10. The zero-order valence-electron chi connectivity index (χ0n) is 17.7. The molecule has 4 rings (SSSR count). The summed E-state index contributed by atoms with van der Waals surface area (Å²) >= 11 is 1.89. The fourth-order valence-corrected chi connectivity index (χ4v) is 5.59. The summed E-state index contributed by atoms with van der Waals surface area (Å²) in [6.45, 7) is 4.06. The van der Waals surface area contributed by atoms with E-state index in [-0.39, 0.29) is 23.6 Å². The lowest BCUT2D eigenvalue weighted by atomic mass is 10.1. The van der Waals surface area contributed by atoms with E-state index in [0.29, 0.717) is 29.6 Å². The molecule has 162 valence electrons. The van der Waals surface area contributed by atoms with Gasteiger partial charge in [0.15, 0.2) is 5.69 Å². The third kappa shape index (κ3) is 4.57. The Morgan fingerprint density at radius 3 is 2.80 bits per heavy atom. The Morgan fingerprint density at radius 2 is 2.10 bits per heavy atom. The van der Waals surface area contributed by atoms with Crippen LogP contribution >= 0.6 is 11.8 Å². The van der Waals surface area contributed by atoms with E-state index >= 15 is 0 Å². The average Bonchev–Trinajstić information content (AvgIpc) is 3.48. The van der Waals surface area contributed by atoms with Gasteiger partial charge in [-0.25, -0.2) is 4.68 Å². The van der Waals surface area contributed by atoms with E-state index in [0.717, 1.165) is 56.6 Å². The SMILES string of the molecule is CCCCCn1nc(C(=O)N(CC2CCCO2)C2CCSC2)c2ccccc2c1=O. The van der Waals surface area contributed by atoms with Crippen LogP contribution in [0.25, 0.3) is 10.8 Å². The van der Waals surface area contributed by atoms with Gasteiger partial charge in [0.25, 0.3) is 11.5 Å². The summed E-state index contributed by atoms with van der Waals surface area (Å²) in [5.74, 6) is 1.95. The predicted octanol–water partition coefficient (Wildman–Crippen LogP) is 3.71. The molecule has 2 fully saturated rings. The quantitative estimate of drug-likeness (QED) is 0.599. The van der Waals surface area contributed by atoms with Gasteiger partial charge in [0, 0.05) is 36.9 Å². The highest BCUT2D eigenvalue weighted by molar-refractivity contribution is 7.99. The van der Waals surface area contributed by atoms with Crippen LogP contribution in [0.1, 0.15) is 55.9 Å². The van der Waals surface area contributed by atoms with E-state index in [1.54, 1.807) is 0 Å². The van der Waals surface area contributed by atoms with Gasteiger partial charge in [-0.2, -0.15) is 16.9 Å². The molecule has 0 bridgehead atoms. The zero-order chi connectivity index (χ0) is 20.9. The minimum Gasteiger partial charge on any atom is -0.376 e. The molecule has 0 N–H and O–H groups in total. The molecule has 0 radical (unpaired) electrons. The third-order valence-corrected chi connectivity index (χ3v) is 7.22. The molecule has 1 amide bonds. The predicted molar refractivity (Wildman–Crippen MR) is 121 cm³/mol. The molecule has 1 aromatic heterocycles. The Bertz CT molecular complexity index is 933. The number of aryl methyl sites for hydroxylation is 1. The molecule has 2 aromatic rings. The summed E-state index contributed by atoms with van der Waals surface area (Å²) in [5.41, 5.74) is 0.289. The van der Waals surface area contributed by atoms with E-state index in [9.17, 15) is 9.59 Å². The second-order valence-electron chi connectivity index (χ2n) is 8.24. The van der Waals surface area contributed by atoms with E-state index in [1.807, 2.05) is 40.9 Å². The molecular formula is C23H31N3O3S. The number of ether oxygens (including phenoxy) is 1. The largest absolute Gasteiger partial charge is 0.376 e. The Hall–Kier alpha value is -1.86. The van der Waals surface area contributed by atoms with Gasteiger partial charge >= 0.3 is 0 Å². The molecule has 0 saturated carbocycles. The molecule has 7 heteroatoms. The first-order valence-corrected chi connectivity index (χ1v) is 12.3. The van der Waals surface area contributed by atoms with Crippen molar-refractivity contribution in [2.24, 2.45) is 0 Å². The Labute approximate surface area is 182 Å². The highest BCUT2D eigenvalue weighted by atomic mass is 32.2. The molecule has 2 aliphatic heterocycles. The van der Waals surface area contributed by atoms with Crippen molar-refractivity contribution in [3.63, 3.8) is 0 Å². The van der Waals surface area contributed by atoms with Gasteiger partial charge in [0.05, 0.1) is 11.5 Å². The van der Waals surface area contributed by atoms with Crippen LogP contribution in [0.2, 0.25) is 0 Å². The molecule has 30 heavy (non-hydrogen) atoms. The second-order valence-corrected chi connectivity index (χ2v) is 9.39. The minimum absolute atomic E-state index is 0.0709. The van der Waals surface area contributed by atoms with Gasteiger partial charge < -0.3 is 9.64 Å². The summed E-state index contributed by atoms with van der Waals surface area (Å²) in [4.78, 5) is 28.7. The molecular weight excluding hydrogens is 398 g/mol. The van der Waals surface area contributed by atoms with Crippen molar-refractivity contribution in [1.29, 1.82) is 0 Å².